The maximum Gasteiger partial charge on any atom is 0.141 e. The molecule has 1 aromatic heterocycles. The number of benzene rings is 1. The number of halogens is 3. The lowest BCUT2D eigenvalue weighted by Gasteiger charge is -2.24. The molecule has 19 heavy (non-hydrogen) atoms. The van der Waals surface area contributed by atoms with Crippen LogP contribution in [0.2, 0.25) is 0 Å². The van der Waals surface area contributed by atoms with Gasteiger partial charge in [0, 0.05) is 0 Å². The van der Waals surface area contributed by atoms with Crippen molar-refractivity contribution in [1.29, 1.82) is 0 Å². The fraction of sp³-hybridized carbons (Fsp3) is 0.214. The highest BCUT2D eigenvalue weighted by atomic mass is 19.1. The molecular weight excluding hydrogens is 253 g/mol. The Bertz CT molecular complexity index is 580. The van der Waals surface area contributed by atoms with Gasteiger partial charge in [-0.05, 0) is 49.2 Å². The molecule has 1 aromatic carbocycles. The largest absolute Gasteiger partial charge is 0.320 e. The Labute approximate surface area is 109 Å². The number of aromatic nitrogens is 1. The molecule has 100 valence electrons. The number of pyridine rings is 1. The number of nitrogens with two attached hydrogens (primary N) is 1. The van der Waals surface area contributed by atoms with E-state index in [4.69, 9.17) is 5.73 Å². The van der Waals surface area contributed by atoms with E-state index < -0.39 is 23.0 Å². The Hall–Kier alpha value is -1.88. The summed E-state index contributed by atoms with van der Waals surface area (Å²) < 4.78 is 39.5. The third-order valence-electron chi connectivity index (χ3n) is 2.88. The monoisotopic (exact) mass is 266 g/mol. The molecule has 0 aliphatic carbocycles. The van der Waals surface area contributed by atoms with E-state index in [0.717, 1.165) is 24.4 Å². The van der Waals surface area contributed by atoms with Crippen LogP contribution in [0.3, 0.4) is 0 Å². The van der Waals surface area contributed by atoms with Crippen molar-refractivity contribution >= 4 is 0 Å². The number of hydrogen-bond acceptors (Lipinski definition) is 2. The summed E-state index contributed by atoms with van der Waals surface area (Å²) in [5, 5.41) is 0. The van der Waals surface area contributed by atoms with Crippen molar-refractivity contribution in [3.8, 4) is 0 Å². The maximum atomic E-state index is 13.6. The average molecular weight is 266 g/mol. The van der Waals surface area contributed by atoms with Crippen LogP contribution in [0.1, 0.15) is 18.2 Å². The molecule has 0 saturated heterocycles. The molecule has 0 bridgehead atoms. The lowest BCUT2D eigenvalue weighted by Crippen LogP contribution is -2.36. The Morgan fingerprint density at radius 2 is 1.79 bits per heavy atom. The Morgan fingerprint density at radius 1 is 1.11 bits per heavy atom. The van der Waals surface area contributed by atoms with Crippen LogP contribution in [-0.4, -0.2) is 4.98 Å². The van der Waals surface area contributed by atoms with Crippen LogP contribution in [0.25, 0.3) is 0 Å². The summed E-state index contributed by atoms with van der Waals surface area (Å²) in [6, 6.07) is 5.87. The predicted octanol–water partition coefficient (Wildman–Crippen LogP) is 2.92. The van der Waals surface area contributed by atoms with Crippen molar-refractivity contribution in [2.75, 3.05) is 0 Å². The molecular formula is C14H13F3N2. The molecule has 0 amide bonds. The SMILES string of the molecule is CC(N)(Cc1cc(F)ccc1F)c1ccc(F)cn1. The van der Waals surface area contributed by atoms with Crippen molar-refractivity contribution in [2.45, 2.75) is 18.9 Å². The van der Waals surface area contributed by atoms with Crippen molar-refractivity contribution in [3.63, 3.8) is 0 Å². The highest BCUT2D eigenvalue weighted by molar-refractivity contribution is 5.24. The molecule has 2 aromatic rings. The molecule has 1 unspecified atom stereocenters. The zero-order valence-corrected chi connectivity index (χ0v) is 10.3. The Kier molecular flexibility index (Phi) is 3.57. The second-order valence-electron chi connectivity index (χ2n) is 4.69. The van der Waals surface area contributed by atoms with Crippen LogP contribution in [0.4, 0.5) is 13.2 Å². The predicted molar refractivity (Wildman–Crippen MR) is 65.8 cm³/mol. The van der Waals surface area contributed by atoms with Gasteiger partial charge in [0.15, 0.2) is 0 Å². The summed E-state index contributed by atoms with van der Waals surface area (Å²) >= 11 is 0. The van der Waals surface area contributed by atoms with Gasteiger partial charge in [-0.15, -0.1) is 0 Å². The minimum Gasteiger partial charge on any atom is -0.320 e. The van der Waals surface area contributed by atoms with E-state index in [-0.39, 0.29) is 12.0 Å². The van der Waals surface area contributed by atoms with Crippen LogP contribution >= 0.6 is 0 Å². The van der Waals surface area contributed by atoms with Gasteiger partial charge < -0.3 is 5.73 Å². The lowest BCUT2D eigenvalue weighted by atomic mass is 9.90. The number of nitrogens with zero attached hydrogens (tertiary/aromatic N) is 1. The van der Waals surface area contributed by atoms with E-state index in [0.29, 0.717) is 5.69 Å². The number of hydrogen-bond donors (Lipinski definition) is 1. The van der Waals surface area contributed by atoms with Crippen LogP contribution < -0.4 is 5.73 Å². The second kappa shape index (κ2) is 5.01. The summed E-state index contributed by atoms with van der Waals surface area (Å²) in [4.78, 5) is 3.88. The normalized spacial score (nSPS) is 14.2. The van der Waals surface area contributed by atoms with E-state index in [1.165, 1.54) is 12.1 Å². The third kappa shape index (κ3) is 3.12. The molecule has 5 heteroatoms. The molecule has 0 aliphatic rings. The van der Waals surface area contributed by atoms with Gasteiger partial charge in [-0.2, -0.15) is 0 Å². The summed E-state index contributed by atoms with van der Waals surface area (Å²) in [6.07, 6.45) is 1.11. The first-order valence-corrected chi connectivity index (χ1v) is 5.73. The van der Waals surface area contributed by atoms with Gasteiger partial charge in [0.1, 0.15) is 17.5 Å². The molecule has 0 saturated carbocycles. The molecule has 0 radical (unpaired) electrons. The van der Waals surface area contributed by atoms with Crippen LogP contribution in [-0.2, 0) is 12.0 Å². The fourth-order valence-electron chi connectivity index (χ4n) is 1.88. The van der Waals surface area contributed by atoms with Gasteiger partial charge in [0.2, 0.25) is 0 Å². The molecule has 2 N–H and O–H groups in total. The highest BCUT2D eigenvalue weighted by Gasteiger charge is 2.25. The topological polar surface area (TPSA) is 38.9 Å². The summed E-state index contributed by atoms with van der Waals surface area (Å²) in [7, 11) is 0. The molecule has 2 rings (SSSR count). The summed E-state index contributed by atoms with van der Waals surface area (Å²) in [6.45, 7) is 1.64. The highest BCUT2D eigenvalue weighted by Crippen LogP contribution is 2.23. The zero-order chi connectivity index (χ0) is 14.0. The van der Waals surface area contributed by atoms with E-state index in [1.54, 1.807) is 6.92 Å². The first kappa shape index (κ1) is 13.5. The van der Waals surface area contributed by atoms with Crippen LogP contribution in [0.15, 0.2) is 36.5 Å². The first-order valence-electron chi connectivity index (χ1n) is 5.73. The molecule has 0 spiro atoms. The molecule has 0 aliphatic heterocycles. The van der Waals surface area contributed by atoms with Gasteiger partial charge in [-0.25, -0.2) is 13.2 Å². The number of rotatable bonds is 3. The Morgan fingerprint density at radius 3 is 2.42 bits per heavy atom. The van der Waals surface area contributed by atoms with E-state index >= 15 is 0 Å². The standard InChI is InChI=1S/C14H13F3N2/c1-14(18,13-5-3-11(16)8-19-13)7-9-6-10(15)2-4-12(9)17/h2-6,8H,7,18H2,1H3. The fourth-order valence-corrected chi connectivity index (χ4v) is 1.88. The van der Waals surface area contributed by atoms with E-state index in [1.807, 2.05) is 0 Å². The van der Waals surface area contributed by atoms with Crippen molar-refractivity contribution in [2.24, 2.45) is 5.73 Å². The van der Waals surface area contributed by atoms with Gasteiger partial charge >= 0.3 is 0 Å². The zero-order valence-electron chi connectivity index (χ0n) is 10.3. The quantitative estimate of drug-likeness (QED) is 0.927. The summed E-state index contributed by atoms with van der Waals surface area (Å²) in [5.41, 5.74) is 5.63. The molecule has 2 nitrogen and oxygen atoms in total. The molecule has 1 atom stereocenters. The second-order valence-corrected chi connectivity index (χ2v) is 4.69. The smallest absolute Gasteiger partial charge is 0.141 e. The molecule has 1 heterocycles. The van der Waals surface area contributed by atoms with E-state index in [2.05, 4.69) is 4.98 Å². The van der Waals surface area contributed by atoms with Gasteiger partial charge in [-0.1, -0.05) is 0 Å². The average Bonchev–Trinajstić information content (AvgIpc) is 2.34. The first-order chi connectivity index (χ1) is 8.88. The van der Waals surface area contributed by atoms with Gasteiger partial charge in [0.25, 0.3) is 0 Å². The lowest BCUT2D eigenvalue weighted by molar-refractivity contribution is 0.457. The summed E-state index contributed by atoms with van der Waals surface area (Å²) in [5.74, 6) is -1.53. The van der Waals surface area contributed by atoms with Crippen LogP contribution in [0, 0.1) is 17.5 Å². The Balaban J connectivity index is 2.30. The van der Waals surface area contributed by atoms with E-state index in [9.17, 15) is 13.2 Å². The molecule has 0 fully saturated rings. The minimum absolute atomic E-state index is 0.0647. The van der Waals surface area contributed by atoms with Crippen LogP contribution in [0.5, 0.6) is 0 Å². The van der Waals surface area contributed by atoms with Gasteiger partial charge in [0.05, 0.1) is 17.4 Å². The van der Waals surface area contributed by atoms with Crippen molar-refractivity contribution in [3.05, 3.63) is 65.2 Å². The van der Waals surface area contributed by atoms with Crippen molar-refractivity contribution < 1.29 is 13.2 Å². The maximum absolute atomic E-state index is 13.6. The van der Waals surface area contributed by atoms with Crippen molar-refractivity contribution in [1.82, 2.24) is 4.98 Å². The third-order valence-corrected chi connectivity index (χ3v) is 2.88. The minimum atomic E-state index is -1.01. The van der Waals surface area contributed by atoms with Gasteiger partial charge in [-0.3, -0.25) is 4.98 Å².